The van der Waals surface area contributed by atoms with Gasteiger partial charge in [-0.1, -0.05) is 0 Å². The molecule has 0 aliphatic rings. The van der Waals surface area contributed by atoms with Gasteiger partial charge in [0.15, 0.2) is 0 Å². The number of unbranched alkanes of at least 4 members (excludes halogenated alkanes) is 16. The predicted molar refractivity (Wildman–Crippen MR) is 168 cm³/mol. The second kappa shape index (κ2) is 20.9. The molecule has 0 heterocycles. The summed E-state index contributed by atoms with van der Waals surface area (Å²) in [7, 11) is -10.1. The molecule has 0 saturated carbocycles. The Labute approximate surface area is 250 Å². The van der Waals surface area contributed by atoms with Crippen molar-refractivity contribution < 1.29 is 38.5 Å². The van der Waals surface area contributed by atoms with Crippen LogP contribution in [0.15, 0.2) is 0 Å². The number of hydrogen-bond acceptors (Lipinski definition) is 5. The van der Waals surface area contributed by atoms with Gasteiger partial charge in [0.25, 0.3) is 0 Å². The number of rotatable bonds is 28. The Bertz CT molecular complexity index is 836. The van der Waals surface area contributed by atoms with Crippen LogP contribution in [0.1, 0.15) is 149 Å². The van der Waals surface area contributed by atoms with E-state index < -0.39 is 38.3 Å². The predicted octanol–water partition coefficient (Wildman–Crippen LogP) is 10.1. The molecule has 41 heavy (non-hydrogen) atoms. The van der Waals surface area contributed by atoms with Gasteiger partial charge in [-0.2, -0.15) is 0 Å². The van der Waals surface area contributed by atoms with Crippen LogP contribution in [0.3, 0.4) is 0 Å². The molecule has 1 N–H and O–H groups in total. The second-order valence-electron chi connectivity index (χ2n) is 12.0. The summed E-state index contributed by atoms with van der Waals surface area (Å²) < 4.78 is 105. The molecule has 12 heteroatoms. The molecule has 0 amide bonds. The zero-order valence-corrected chi connectivity index (χ0v) is 28.6. The van der Waals surface area contributed by atoms with E-state index in [4.69, 9.17) is 3.97 Å². The Kier molecular flexibility index (Phi) is 20.9. The Morgan fingerprint density at radius 3 is 1.12 bits per heavy atom. The molecule has 0 bridgehead atoms. The van der Waals surface area contributed by atoms with Gasteiger partial charge in [0.2, 0.25) is 0 Å². The van der Waals surface area contributed by atoms with Crippen LogP contribution in [0.5, 0.6) is 0 Å². The van der Waals surface area contributed by atoms with E-state index in [1.807, 2.05) is 0 Å². The summed E-state index contributed by atoms with van der Waals surface area (Å²) in [5.41, 5.74) is -5.52. The molecule has 6 nitrogen and oxygen atoms in total. The van der Waals surface area contributed by atoms with Crippen molar-refractivity contribution in [2.24, 2.45) is 0 Å². The normalized spacial score (nSPS) is 14.3. The third-order valence-electron chi connectivity index (χ3n) is 8.20. The Morgan fingerprint density at radius 1 is 0.537 bits per heavy atom. The minimum atomic E-state index is -5.84. The van der Waals surface area contributed by atoms with E-state index in [0.717, 1.165) is 96.3 Å². The van der Waals surface area contributed by atoms with E-state index in [1.165, 1.54) is 0 Å². The van der Waals surface area contributed by atoms with Crippen LogP contribution in [0.25, 0.3) is 0 Å². The quantitative estimate of drug-likeness (QED) is 0.0390. The summed E-state index contributed by atoms with van der Waals surface area (Å²) in [5, 5.41) is 0. The number of hydrogen-bond donors (Lipinski definition) is 1. The van der Waals surface area contributed by atoms with Gasteiger partial charge in [-0.3, -0.25) is 0 Å². The Hall–Kier alpha value is 0.0400. The average Bonchev–Trinajstić information content (AvgIpc) is 2.87. The van der Waals surface area contributed by atoms with Crippen LogP contribution in [0.2, 0.25) is 0 Å². The summed E-state index contributed by atoms with van der Waals surface area (Å²) in [4.78, 5) is 0. The first-order chi connectivity index (χ1) is 19.2. The molecule has 0 saturated heterocycles. The fourth-order valence-electron chi connectivity index (χ4n) is 5.81. The van der Waals surface area contributed by atoms with Gasteiger partial charge in [0, 0.05) is 0 Å². The van der Waals surface area contributed by atoms with Crippen molar-refractivity contribution in [2.75, 3.05) is 30.4 Å². The van der Waals surface area contributed by atoms with Crippen molar-refractivity contribution >= 4 is 27.1 Å². The average molecular weight is 657 g/mol. The molecule has 0 spiro atoms. The molecule has 0 aliphatic heterocycles. The van der Waals surface area contributed by atoms with Crippen LogP contribution in [0.4, 0.5) is 13.2 Å². The minimum absolute atomic E-state index is 0.0512. The van der Waals surface area contributed by atoms with Crippen LogP contribution >= 0.6 is 6.83 Å². The number of halogens is 3. The monoisotopic (exact) mass is 656 g/mol. The van der Waals surface area contributed by atoms with Gasteiger partial charge >= 0.3 is 251 Å². The van der Waals surface area contributed by atoms with E-state index >= 15 is 0 Å². The molecule has 0 fully saturated rings. The molecule has 0 aromatic carbocycles. The van der Waals surface area contributed by atoms with Crippen molar-refractivity contribution in [1.82, 2.24) is 0 Å². The van der Waals surface area contributed by atoms with Crippen LogP contribution in [-0.2, 0) is 24.2 Å². The Morgan fingerprint density at radius 2 is 0.829 bits per heavy atom. The fourth-order valence-corrected chi connectivity index (χ4v) is 15.6. The first-order valence-electron chi connectivity index (χ1n) is 16.1. The molecule has 0 aromatic rings. The summed E-state index contributed by atoms with van der Waals surface area (Å²) in [6.45, 7) is 2.33. The first-order valence-corrected chi connectivity index (χ1v) is 22.1. The van der Waals surface area contributed by atoms with Crippen molar-refractivity contribution in [3.8, 4) is 0 Å². The Balaban J connectivity index is 6.36. The summed E-state index contributed by atoms with van der Waals surface area (Å²) >= 11 is 0. The van der Waals surface area contributed by atoms with E-state index in [1.54, 1.807) is 0 Å². The van der Waals surface area contributed by atoms with E-state index in [2.05, 4.69) is 20.8 Å². The van der Waals surface area contributed by atoms with Crippen molar-refractivity contribution in [3.05, 3.63) is 0 Å². The van der Waals surface area contributed by atoms with E-state index in [0.29, 0.717) is 37.7 Å². The topological polar surface area (TPSA) is 97.7 Å². The molecule has 250 valence electrons. The van der Waals surface area contributed by atoms with Crippen LogP contribution < -0.4 is 0 Å². The first kappa shape index (κ1) is 41.0. The summed E-state index contributed by atoms with van der Waals surface area (Å²) in [6, 6.07) is 0. The maximum atomic E-state index is 13.9. The molecular weight excluding hydrogens is 596 g/mol. The SMILES string of the molecule is CCCCCCCCP(CCCCCCCC)(CCCCCCCC)(CCCCS(=O)(=O)O)OS(=O)(=O)C(F)(F)F. The zero-order valence-electron chi connectivity index (χ0n) is 26.1. The molecule has 0 aliphatic carbocycles. The molecule has 0 radical (unpaired) electrons. The van der Waals surface area contributed by atoms with Crippen molar-refractivity contribution in [3.63, 3.8) is 0 Å². The number of alkyl halides is 3. The van der Waals surface area contributed by atoms with Crippen LogP contribution in [0, 0.1) is 0 Å². The third-order valence-corrected chi connectivity index (χ3v) is 17.8. The van der Waals surface area contributed by atoms with Gasteiger partial charge in [0.05, 0.1) is 0 Å². The molecule has 0 unspecified atom stereocenters. The van der Waals surface area contributed by atoms with E-state index in [-0.39, 0.29) is 19.0 Å². The molecule has 0 aromatic heterocycles. The zero-order chi connectivity index (χ0) is 31.3. The molecular formula is C29H60F3O6PS2. The second-order valence-corrected chi connectivity index (χ2v) is 21.1. The van der Waals surface area contributed by atoms with Crippen molar-refractivity contribution in [2.45, 2.75) is 155 Å². The van der Waals surface area contributed by atoms with Gasteiger partial charge in [0.1, 0.15) is 0 Å². The molecule has 0 atom stereocenters. The van der Waals surface area contributed by atoms with Crippen molar-refractivity contribution in [1.29, 1.82) is 0 Å². The summed E-state index contributed by atoms with van der Waals surface area (Å²) in [6.07, 6.45) is 17.8. The molecule has 0 rings (SSSR count). The van der Waals surface area contributed by atoms with Crippen LogP contribution in [-0.4, -0.2) is 57.3 Å². The van der Waals surface area contributed by atoms with Gasteiger partial charge in [-0.15, -0.1) is 0 Å². The fraction of sp³-hybridized carbons (Fsp3) is 1.00. The van der Waals surface area contributed by atoms with Gasteiger partial charge in [-0.25, -0.2) is 0 Å². The van der Waals surface area contributed by atoms with Gasteiger partial charge < -0.3 is 0 Å². The third kappa shape index (κ3) is 18.4. The van der Waals surface area contributed by atoms with E-state index in [9.17, 15) is 34.6 Å². The summed E-state index contributed by atoms with van der Waals surface area (Å²) in [5.74, 6) is -0.503. The van der Waals surface area contributed by atoms with Gasteiger partial charge in [-0.05, 0) is 0 Å². The maximum absolute atomic E-state index is 13.9. The standard InChI is InChI=1S/C29H60F3O6PS2/c1-4-7-10-13-16-19-24-39(25-20-17-14-11-8-5-2,26-21-18-15-12-9-6-3,27-22-23-28-40(33,34)35)38-41(36,37)29(30,31)32/h4-28H2,1-3H3,(H,33,34,35).